The number of aromatic nitrogens is 4. The van der Waals surface area contributed by atoms with Gasteiger partial charge in [-0.05, 0) is 41.2 Å². The van der Waals surface area contributed by atoms with Crippen molar-refractivity contribution in [2.75, 3.05) is 0 Å². The van der Waals surface area contributed by atoms with Gasteiger partial charge in [0.1, 0.15) is 0 Å². The summed E-state index contributed by atoms with van der Waals surface area (Å²) < 4.78 is 41.2. The fourth-order valence-electron chi connectivity index (χ4n) is 11.4. The third kappa shape index (κ3) is 8.39. The van der Waals surface area contributed by atoms with Crippen molar-refractivity contribution in [3.05, 3.63) is 251 Å². The first-order chi connectivity index (χ1) is 38.3. The van der Waals surface area contributed by atoms with Gasteiger partial charge in [0.15, 0.2) is 0 Å². The summed E-state index contributed by atoms with van der Waals surface area (Å²) in [7, 11) is 0. The number of nitrogens with zero attached hydrogens (tertiary/aromatic N) is 4. The maximum absolute atomic E-state index is 8.70. The van der Waals surface area contributed by atoms with E-state index in [0.717, 1.165) is 88.6 Å². The Bertz CT molecular complexity index is 4290. The van der Waals surface area contributed by atoms with Gasteiger partial charge in [0.05, 0.1) is 0 Å². The number of benzene rings is 9. The zero-order valence-electron chi connectivity index (χ0n) is 45.8. The Labute approximate surface area is 460 Å². The van der Waals surface area contributed by atoms with Gasteiger partial charge in [-0.2, -0.15) is 0 Å². The molecule has 13 rings (SSSR count). The number of ether oxygens (including phenoxy) is 1. The second-order valence-corrected chi connectivity index (χ2v) is 22.1. The molecule has 6 heteroatoms. The molecule has 2 atom stereocenters. The van der Waals surface area contributed by atoms with Gasteiger partial charge in [0.25, 0.3) is 0 Å². The first-order valence-corrected chi connectivity index (χ1v) is 27.3. The average Bonchev–Trinajstić information content (AvgIpc) is 4.11. The van der Waals surface area contributed by atoms with E-state index in [1.807, 2.05) is 65.2 Å². The number of imidazole rings is 1. The summed E-state index contributed by atoms with van der Waals surface area (Å²) in [5.41, 5.74) is 17.0. The molecule has 12 aromatic rings. The zero-order chi connectivity index (χ0) is 54.2. The second-order valence-electron chi connectivity index (χ2n) is 21.1. The van der Waals surface area contributed by atoms with Gasteiger partial charge in [0.2, 0.25) is 0 Å². The minimum absolute atomic E-state index is 0.0484. The van der Waals surface area contributed by atoms with E-state index in [1.54, 1.807) is 12.3 Å². The molecule has 3 aromatic heterocycles. The smallest absolute Gasteiger partial charge is 0.238 e. The van der Waals surface area contributed by atoms with Crippen molar-refractivity contribution >= 4 is 32.8 Å². The molecular formula is C70H56N4OPt-2. The number of rotatable bonds is 9. The van der Waals surface area contributed by atoms with Crippen LogP contribution in [0.1, 0.15) is 78.9 Å². The number of pyridine rings is 1. The molecule has 0 saturated heterocycles. The minimum Gasteiger partial charge on any atom is -0.238 e. The van der Waals surface area contributed by atoms with E-state index >= 15 is 0 Å². The van der Waals surface area contributed by atoms with Crippen LogP contribution in [0.15, 0.2) is 212 Å². The molecule has 5 nitrogen and oxygen atoms in total. The van der Waals surface area contributed by atoms with Crippen molar-refractivity contribution in [2.24, 2.45) is 0 Å². The Hall–Kier alpha value is -8.11. The maximum atomic E-state index is 8.70. The Kier molecular flexibility index (Phi) is 11.2. The van der Waals surface area contributed by atoms with Gasteiger partial charge in [0, 0.05) is 15.9 Å². The van der Waals surface area contributed by atoms with Crippen molar-refractivity contribution in [3.63, 3.8) is 0 Å². The van der Waals surface area contributed by atoms with Crippen LogP contribution in [-0.4, -0.2) is 18.7 Å². The molecule has 0 saturated carbocycles. The standard InChI is InChI=1S/C70H56N4O.Pt/c1-46-30-36-63(72-45-73(66-29-19-18-28-65(66)72)69-58(49-22-12-7-13-23-49)40-53(70(3,4)5)41-59(69)50-24-14-8-15-25-50)61-42-54(32-34-56(46)61)75-55-33-35-57-60-39-52(48-20-10-6-11-21-48)31-37-64(60)74(67(57)43-55)68-38-47(2)62(44-71-68)51-26-16-9-17-27-51;/h6-29,31-35,37-41,44,46,63H,30,36H2,1-5H3;/q-2;/i2D3;. The molecule has 0 amide bonds. The third-order valence-corrected chi connectivity index (χ3v) is 16.4. The third-order valence-electron chi connectivity index (χ3n) is 15.3. The Morgan fingerprint density at radius 2 is 1.16 bits per heavy atom. The molecule has 0 bridgehead atoms. The van der Waals surface area contributed by atoms with E-state index < -0.39 is 6.85 Å². The van der Waals surface area contributed by atoms with E-state index in [9.17, 15) is 0 Å². The number of para-hydroxylation sites is 2. The normalized spacial score (nSPS) is 15.4. The van der Waals surface area contributed by atoms with Gasteiger partial charge in [-0.1, -0.05) is 72.8 Å². The molecule has 3 heterocycles. The molecular weight excluding hydrogens is 1110 g/mol. The van der Waals surface area contributed by atoms with Crippen LogP contribution in [0.2, 0.25) is 0 Å². The fourth-order valence-corrected chi connectivity index (χ4v) is 12.6. The summed E-state index contributed by atoms with van der Waals surface area (Å²) in [5, 5.41) is 1.93. The monoisotopic (exact) mass is 1170 g/mol. The summed E-state index contributed by atoms with van der Waals surface area (Å²) in [6.07, 6.45) is 3.62. The molecule has 0 radical (unpaired) electrons. The second kappa shape index (κ2) is 19.2. The van der Waals surface area contributed by atoms with E-state index in [2.05, 4.69) is 208 Å². The van der Waals surface area contributed by atoms with Crippen LogP contribution < -0.4 is 4.74 Å². The predicted octanol–water partition coefficient (Wildman–Crippen LogP) is 18.2. The van der Waals surface area contributed by atoms with E-state index in [-0.39, 0.29) is 17.0 Å². The molecule has 0 spiro atoms. The summed E-state index contributed by atoms with van der Waals surface area (Å²) in [5.74, 6) is 1.90. The quantitative estimate of drug-likeness (QED) is 0.135. The Balaban J connectivity index is 0.957. The van der Waals surface area contributed by atoms with Gasteiger partial charge in [-0.15, -0.1) is 0 Å². The van der Waals surface area contributed by atoms with Crippen LogP contribution in [-0.2, 0) is 24.8 Å². The molecule has 0 N–H and O–H groups in total. The van der Waals surface area contributed by atoms with Crippen LogP contribution in [0.3, 0.4) is 0 Å². The summed E-state index contributed by atoms with van der Waals surface area (Å²) in [6.45, 7) is 6.80. The molecule has 76 heavy (non-hydrogen) atoms. The van der Waals surface area contributed by atoms with Crippen LogP contribution in [0.5, 0.6) is 11.5 Å². The van der Waals surface area contributed by atoms with E-state index in [1.165, 1.54) is 22.3 Å². The summed E-state index contributed by atoms with van der Waals surface area (Å²) >= 11 is 2.58. The van der Waals surface area contributed by atoms with Crippen molar-refractivity contribution in [3.8, 4) is 67.5 Å². The van der Waals surface area contributed by atoms with Crippen LogP contribution in [0.4, 0.5) is 0 Å². The molecule has 2 unspecified atom stereocenters. The topological polar surface area (TPSA) is 36.9 Å². The fraction of sp³-hybridized carbons (Fsp3) is 0.143. The van der Waals surface area contributed by atoms with Gasteiger partial charge < -0.3 is 0 Å². The number of hydrogen-bond acceptors (Lipinski definition) is 2. The first kappa shape index (κ1) is 44.2. The van der Waals surface area contributed by atoms with Crippen molar-refractivity contribution < 1.29 is 28.2 Å². The molecule has 1 aliphatic rings. The predicted molar refractivity (Wildman–Crippen MR) is 308 cm³/mol. The van der Waals surface area contributed by atoms with Gasteiger partial charge in [-0.25, -0.2) is 4.98 Å². The van der Waals surface area contributed by atoms with Crippen LogP contribution in [0.25, 0.3) is 88.9 Å². The molecule has 374 valence electrons. The first-order valence-electron chi connectivity index (χ1n) is 27.6. The molecule has 0 aliphatic heterocycles. The molecule has 1 aliphatic carbocycles. The van der Waals surface area contributed by atoms with Crippen LogP contribution >= 0.6 is 0 Å². The van der Waals surface area contributed by atoms with Gasteiger partial charge in [-0.3, -0.25) is 0 Å². The average molecular weight is 1170 g/mol. The zero-order valence-corrected chi connectivity index (χ0v) is 45.1. The Morgan fingerprint density at radius 1 is 0.566 bits per heavy atom. The summed E-state index contributed by atoms with van der Waals surface area (Å²) in [6, 6.07) is 79.1. The van der Waals surface area contributed by atoms with E-state index in [0.29, 0.717) is 28.8 Å². The number of aryl methyl sites for hydroxylation is 1. The summed E-state index contributed by atoms with van der Waals surface area (Å²) in [4.78, 5) is 5.00. The van der Waals surface area contributed by atoms with E-state index in [4.69, 9.17) is 13.8 Å². The molecule has 0 fully saturated rings. The Morgan fingerprint density at radius 3 is 1.80 bits per heavy atom. The van der Waals surface area contributed by atoms with Crippen molar-refractivity contribution in [2.45, 2.75) is 64.8 Å². The SMILES string of the molecule is [2H]C([2H])([2H])c1cc(-n2c3[c-]c(Oc4[c-]c5c(cc4)C(C)CCC5n4[c](=[Pt])n(-c5c(-c6ccccc6)cc(C(C)(C)C)cc5-c5ccccc5)c5ccccc54)ccc3c3cc(-c4ccccc4)ccc32)ncc1-c1ccccc1. The molecule has 9 aromatic carbocycles. The van der Waals surface area contributed by atoms with Crippen molar-refractivity contribution in [1.29, 1.82) is 0 Å². The number of hydrogen-bond donors (Lipinski definition) is 0. The van der Waals surface area contributed by atoms with Gasteiger partial charge >= 0.3 is 328 Å². The van der Waals surface area contributed by atoms with Crippen molar-refractivity contribution in [1.82, 2.24) is 18.7 Å². The minimum atomic E-state index is -2.41. The number of fused-ring (bicyclic) bond motifs is 5. The van der Waals surface area contributed by atoms with Crippen LogP contribution in [0, 0.1) is 22.8 Å².